The molecule has 1 N–H and O–H groups in total. The first-order chi connectivity index (χ1) is 8.16. The lowest BCUT2D eigenvalue weighted by molar-refractivity contribution is 0.201. The third kappa shape index (κ3) is 3.78. The Balaban J connectivity index is 1.88. The van der Waals surface area contributed by atoms with Crippen molar-refractivity contribution in [1.82, 2.24) is 10.2 Å². The number of halogens is 1. The van der Waals surface area contributed by atoms with Crippen molar-refractivity contribution in [3.05, 3.63) is 20.8 Å². The van der Waals surface area contributed by atoms with E-state index in [1.54, 1.807) is 0 Å². The summed E-state index contributed by atoms with van der Waals surface area (Å²) >= 11 is 5.37. The molecular formula is C13H21BrN2S. The van der Waals surface area contributed by atoms with Gasteiger partial charge in [0.15, 0.2) is 0 Å². The summed E-state index contributed by atoms with van der Waals surface area (Å²) < 4.78 is 1.21. The number of thiophene rings is 1. The van der Waals surface area contributed by atoms with Crippen LogP contribution in [0.3, 0.4) is 0 Å². The molecule has 96 valence electrons. The van der Waals surface area contributed by atoms with Crippen molar-refractivity contribution in [2.24, 2.45) is 5.92 Å². The molecule has 1 aliphatic heterocycles. The Hall–Kier alpha value is 0.1000. The molecule has 0 bridgehead atoms. The molecule has 0 saturated carbocycles. The number of hydrogen-bond donors (Lipinski definition) is 1. The van der Waals surface area contributed by atoms with Crippen LogP contribution in [0, 0.1) is 5.92 Å². The van der Waals surface area contributed by atoms with Crippen LogP contribution in [-0.4, -0.2) is 31.6 Å². The highest BCUT2D eigenvalue weighted by atomic mass is 79.9. The van der Waals surface area contributed by atoms with E-state index in [0.29, 0.717) is 6.04 Å². The minimum absolute atomic E-state index is 0.522. The molecule has 2 nitrogen and oxygen atoms in total. The smallest absolute Gasteiger partial charge is 0.0410 e. The van der Waals surface area contributed by atoms with E-state index in [0.717, 1.165) is 5.92 Å². The summed E-state index contributed by atoms with van der Waals surface area (Å²) in [5.74, 6) is 0.819. The van der Waals surface area contributed by atoms with Crippen LogP contribution in [-0.2, 0) is 0 Å². The summed E-state index contributed by atoms with van der Waals surface area (Å²) in [6, 6.07) is 2.76. The average Bonchev–Trinajstić information content (AvgIpc) is 2.76. The SMILES string of the molecule is CC(c1cc(Br)cs1)N(C)CC1CCCNC1. The fourth-order valence-corrected chi connectivity index (χ4v) is 3.98. The third-order valence-electron chi connectivity index (χ3n) is 3.61. The largest absolute Gasteiger partial charge is 0.316 e. The van der Waals surface area contributed by atoms with Crippen LogP contribution in [0.1, 0.15) is 30.7 Å². The zero-order valence-corrected chi connectivity index (χ0v) is 13.0. The van der Waals surface area contributed by atoms with Gasteiger partial charge in [0.1, 0.15) is 0 Å². The van der Waals surface area contributed by atoms with Crippen molar-refractivity contribution in [3.8, 4) is 0 Å². The number of nitrogens with one attached hydrogen (secondary N) is 1. The molecule has 1 aliphatic rings. The molecule has 17 heavy (non-hydrogen) atoms. The van der Waals surface area contributed by atoms with Gasteiger partial charge in [0.25, 0.3) is 0 Å². The van der Waals surface area contributed by atoms with E-state index < -0.39 is 0 Å². The zero-order chi connectivity index (χ0) is 12.3. The van der Waals surface area contributed by atoms with Gasteiger partial charge < -0.3 is 5.32 Å². The van der Waals surface area contributed by atoms with Gasteiger partial charge >= 0.3 is 0 Å². The van der Waals surface area contributed by atoms with E-state index in [1.807, 2.05) is 11.3 Å². The Kier molecular flexibility index (Phi) is 5.03. The highest BCUT2D eigenvalue weighted by Crippen LogP contribution is 2.29. The molecule has 2 heterocycles. The molecule has 0 spiro atoms. The first-order valence-corrected chi connectivity index (χ1v) is 7.99. The van der Waals surface area contributed by atoms with Crippen molar-refractivity contribution in [2.75, 3.05) is 26.7 Å². The molecule has 1 aromatic heterocycles. The number of piperidine rings is 1. The first kappa shape index (κ1) is 13.5. The van der Waals surface area contributed by atoms with Gasteiger partial charge in [-0.05, 0) is 67.8 Å². The minimum atomic E-state index is 0.522. The van der Waals surface area contributed by atoms with Crippen LogP contribution < -0.4 is 5.32 Å². The van der Waals surface area contributed by atoms with Gasteiger partial charge in [-0.2, -0.15) is 0 Å². The van der Waals surface area contributed by atoms with E-state index in [4.69, 9.17) is 0 Å². The van der Waals surface area contributed by atoms with E-state index in [-0.39, 0.29) is 0 Å². The molecule has 4 heteroatoms. The van der Waals surface area contributed by atoms with Gasteiger partial charge in [-0.3, -0.25) is 4.90 Å². The maximum Gasteiger partial charge on any atom is 0.0410 e. The molecule has 1 fully saturated rings. The van der Waals surface area contributed by atoms with Crippen molar-refractivity contribution >= 4 is 27.3 Å². The maximum atomic E-state index is 3.53. The van der Waals surface area contributed by atoms with Crippen molar-refractivity contribution < 1.29 is 0 Å². The van der Waals surface area contributed by atoms with E-state index in [1.165, 1.54) is 41.8 Å². The van der Waals surface area contributed by atoms with Crippen LogP contribution in [0.25, 0.3) is 0 Å². The lowest BCUT2D eigenvalue weighted by atomic mass is 9.98. The molecule has 0 aromatic carbocycles. The first-order valence-electron chi connectivity index (χ1n) is 6.31. The van der Waals surface area contributed by atoms with Crippen LogP contribution in [0.15, 0.2) is 15.9 Å². The van der Waals surface area contributed by atoms with Crippen LogP contribution in [0.5, 0.6) is 0 Å². The normalized spacial score (nSPS) is 22.9. The fraction of sp³-hybridized carbons (Fsp3) is 0.692. The molecule has 2 unspecified atom stereocenters. The number of hydrogen-bond acceptors (Lipinski definition) is 3. The molecule has 2 rings (SSSR count). The second-order valence-electron chi connectivity index (χ2n) is 5.00. The predicted molar refractivity (Wildman–Crippen MR) is 78.7 cm³/mol. The van der Waals surface area contributed by atoms with Gasteiger partial charge in [0.2, 0.25) is 0 Å². The van der Waals surface area contributed by atoms with E-state index in [9.17, 15) is 0 Å². The summed E-state index contributed by atoms with van der Waals surface area (Å²) in [5, 5.41) is 5.66. The Morgan fingerprint density at radius 1 is 1.65 bits per heavy atom. The monoisotopic (exact) mass is 316 g/mol. The second kappa shape index (κ2) is 6.32. The lowest BCUT2D eigenvalue weighted by Crippen LogP contribution is -2.37. The number of rotatable bonds is 4. The highest BCUT2D eigenvalue weighted by molar-refractivity contribution is 9.10. The molecule has 2 atom stereocenters. The van der Waals surface area contributed by atoms with Gasteiger partial charge in [-0.25, -0.2) is 0 Å². The van der Waals surface area contributed by atoms with Crippen LogP contribution >= 0.6 is 27.3 Å². The van der Waals surface area contributed by atoms with E-state index in [2.05, 4.69) is 51.6 Å². The van der Waals surface area contributed by atoms with Crippen LogP contribution in [0.2, 0.25) is 0 Å². The molecule has 1 saturated heterocycles. The summed E-state index contributed by atoms with van der Waals surface area (Å²) in [4.78, 5) is 3.93. The minimum Gasteiger partial charge on any atom is -0.316 e. The Morgan fingerprint density at radius 2 is 2.47 bits per heavy atom. The summed E-state index contributed by atoms with van der Waals surface area (Å²) in [5.41, 5.74) is 0. The van der Waals surface area contributed by atoms with Gasteiger partial charge in [-0.1, -0.05) is 0 Å². The summed E-state index contributed by atoms with van der Waals surface area (Å²) in [6.07, 6.45) is 2.70. The van der Waals surface area contributed by atoms with Crippen molar-refractivity contribution in [1.29, 1.82) is 0 Å². The molecule has 0 aliphatic carbocycles. The quantitative estimate of drug-likeness (QED) is 0.914. The summed E-state index contributed by atoms with van der Waals surface area (Å²) in [7, 11) is 2.24. The zero-order valence-electron chi connectivity index (χ0n) is 10.6. The Bertz CT molecular complexity index is 347. The van der Waals surface area contributed by atoms with Gasteiger partial charge in [0.05, 0.1) is 0 Å². The van der Waals surface area contributed by atoms with Crippen molar-refractivity contribution in [3.63, 3.8) is 0 Å². The number of nitrogens with zero attached hydrogens (tertiary/aromatic N) is 1. The molecule has 0 radical (unpaired) electrons. The Morgan fingerprint density at radius 3 is 3.06 bits per heavy atom. The molecule has 0 amide bonds. The van der Waals surface area contributed by atoms with Gasteiger partial charge in [0, 0.05) is 27.3 Å². The highest BCUT2D eigenvalue weighted by Gasteiger charge is 2.19. The average molecular weight is 317 g/mol. The Labute approximate surface area is 117 Å². The lowest BCUT2D eigenvalue weighted by Gasteiger charge is -2.30. The molecule has 1 aromatic rings. The fourth-order valence-electron chi connectivity index (χ4n) is 2.41. The second-order valence-corrected chi connectivity index (χ2v) is 6.85. The van der Waals surface area contributed by atoms with Crippen LogP contribution in [0.4, 0.5) is 0 Å². The topological polar surface area (TPSA) is 15.3 Å². The van der Waals surface area contributed by atoms with E-state index >= 15 is 0 Å². The standard InChI is InChI=1S/C13H21BrN2S/c1-10(13-6-12(14)9-17-13)16(2)8-11-4-3-5-15-7-11/h6,9-11,15H,3-5,7-8H2,1-2H3. The molecular weight excluding hydrogens is 296 g/mol. The maximum absolute atomic E-state index is 3.53. The predicted octanol–water partition coefficient (Wildman–Crippen LogP) is 3.50. The van der Waals surface area contributed by atoms with Crippen molar-refractivity contribution in [2.45, 2.75) is 25.8 Å². The third-order valence-corrected chi connectivity index (χ3v) is 5.47. The van der Waals surface area contributed by atoms with Gasteiger partial charge in [-0.15, -0.1) is 11.3 Å². The summed E-state index contributed by atoms with van der Waals surface area (Å²) in [6.45, 7) is 5.89.